The van der Waals surface area contributed by atoms with E-state index in [2.05, 4.69) is 0 Å². The zero-order valence-electron chi connectivity index (χ0n) is 16.9. The second kappa shape index (κ2) is 6.34. The summed E-state index contributed by atoms with van der Waals surface area (Å²) < 4.78 is 15.6. The van der Waals surface area contributed by atoms with Crippen molar-refractivity contribution in [2.24, 2.45) is 0 Å². The predicted molar refractivity (Wildman–Crippen MR) is 103 cm³/mol. The van der Waals surface area contributed by atoms with Crippen LogP contribution in [0.3, 0.4) is 0 Å². The Bertz CT molecular complexity index is 1080. The van der Waals surface area contributed by atoms with E-state index in [1.807, 2.05) is 30.0 Å². The van der Waals surface area contributed by atoms with E-state index < -0.39 is 17.5 Å². The van der Waals surface area contributed by atoms with Crippen molar-refractivity contribution >= 4 is 23.4 Å². The first-order valence-corrected chi connectivity index (χ1v) is 9.29. The van der Waals surface area contributed by atoms with Crippen LogP contribution < -0.4 is 0 Å². The third-order valence-electron chi connectivity index (χ3n) is 5.83. The number of carbonyl (C=O) groups is 3. The Morgan fingerprint density at radius 3 is 2.31 bits per heavy atom. The van der Waals surface area contributed by atoms with Crippen molar-refractivity contribution in [3.05, 3.63) is 63.6 Å². The van der Waals surface area contributed by atoms with Gasteiger partial charge in [-0.2, -0.15) is 0 Å². The van der Waals surface area contributed by atoms with E-state index in [1.54, 1.807) is 19.9 Å². The molecule has 0 saturated carbocycles. The molecule has 0 spiro atoms. The number of benzene rings is 1. The molecule has 0 N–H and O–H groups in total. The van der Waals surface area contributed by atoms with Crippen LogP contribution in [0.25, 0.3) is 5.70 Å². The van der Waals surface area contributed by atoms with Gasteiger partial charge < -0.3 is 19.1 Å². The number of rotatable bonds is 3. The van der Waals surface area contributed by atoms with Gasteiger partial charge in [0.05, 0.1) is 25.5 Å². The third kappa shape index (κ3) is 2.21. The highest BCUT2D eigenvalue weighted by Gasteiger charge is 2.59. The molecule has 1 aromatic rings. The van der Waals surface area contributed by atoms with E-state index >= 15 is 0 Å². The van der Waals surface area contributed by atoms with Crippen LogP contribution in [-0.4, -0.2) is 48.9 Å². The summed E-state index contributed by atoms with van der Waals surface area (Å²) in [7, 11) is 2.46. The summed E-state index contributed by atoms with van der Waals surface area (Å²) in [5, 5.41) is 0. The Kier molecular flexibility index (Phi) is 4.15. The molecule has 2 aliphatic heterocycles. The monoisotopic (exact) mass is 395 g/mol. The van der Waals surface area contributed by atoms with Gasteiger partial charge in [0.25, 0.3) is 0 Å². The fourth-order valence-corrected chi connectivity index (χ4v) is 4.74. The van der Waals surface area contributed by atoms with Crippen molar-refractivity contribution in [3.8, 4) is 0 Å². The molecule has 0 saturated heterocycles. The molecule has 150 valence electrons. The van der Waals surface area contributed by atoms with Gasteiger partial charge in [0.15, 0.2) is 5.78 Å². The maximum atomic E-state index is 13.3. The van der Waals surface area contributed by atoms with E-state index in [1.165, 1.54) is 14.2 Å². The molecular formula is C22H21NO6. The minimum absolute atomic E-state index is 0.0222. The van der Waals surface area contributed by atoms with Crippen LogP contribution in [0.15, 0.2) is 52.5 Å². The summed E-state index contributed by atoms with van der Waals surface area (Å²) in [6, 6.07) is 7.37. The second-order valence-electron chi connectivity index (χ2n) is 7.14. The summed E-state index contributed by atoms with van der Waals surface area (Å²) >= 11 is 0. The number of methoxy groups -OCH3 is 2. The number of likely N-dealkylation sites (N-methyl/N-ethyl adjacent to an activating group) is 1. The van der Waals surface area contributed by atoms with Crippen LogP contribution in [-0.2, 0) is 23.8 Å². The van der Waals surface area contributed by atoms with Gasteiger partial charge in [-0.1, -0.05) is 24.3 Å². The molecule has 7 heteroatoms. The van der Waals surface area contributed by atoms with Crippen molar-refractivity contribution in [1.29, 1.82) is 0 Å². The molecule has 3 aliphatic rings. The van der Waals surface area contributed by atoms with Gasteiger partial charge in [-0.15, -0.1) is 0 Å². The molecule has 0 aromatic heterocycles. The number of fused-ring (bicyclic) bond motifs is 4. The average molecular weight is 395 g/mol. The highest BCUT2D eigenvalue weighted by Crippen LogP contribution is 2.57. The maximum absolute atomic E-state index is 13.3. The first-order chi connectivity index (χ1) is 13.8. The Balaban J connectivity index is 2.04. The van der Waals surface area contributed by atoms with Gasteiger partial charge in [-0.05, 0) is 20.8 Å². The van der Waals surface area contributed by atoms with Gasteiger partial charge in [0.2, 0.25) is 5.76 Å². The van der Waals surface area contributed by atoms with Gasteiger partial charge >= 0.3 is 11.9 Å². The molecular weight excluding hydrogens is 374 g/mol. The molecule has 0 bridgehead atoms. The topological polar surface area (TPSA) is 82.1 Å². The lowest BCUT2D eigenvalue weighted by molar-refractivity contribution is -0.143. The highest BCUT2D eigenvalue weighted by molar-refractivity contribution is 6.25. The molecule has 1 aromatic carbocycles. The van der Waals surface area contributed by atoms with Crippen molar-refractivity contribution in [2.75, 3.05) is 20.8 Å². The first-order valence-electron chi connectivity index (χ1n) is 9.29. The fraction of sp³-hybridized carbons (Fsp3) is 0.318. The largest absolute Gasteiger partial charge is 0.465 e. The summed E-state index contributed by atoms with van der Waals surface area (Å²) in [6.45, 7) is 5.91. The molecule has 4 rings (SSSR count). The number of hydrogen-bond donors (Lipinski definition) is 0. The fourth-order valence-electron chi connectivity index (χ4n) is 4.74. The van der Waals surface area contributed by atoms with Crippen molar-refractivity contribution in [3.63, 3.8) is 0 Å². The molecule has 7 nitrogen and oxygen atoms in total. The molecule has 2 heterocycles. The van der Waals surface area contributed by atoms with E-state index in [0.717, 1.165) is 11.3 Å². The normalized spacial score (nSPS) is 22.4. The van der Waals surface area contributed by atoms with E-state index in [-0.39, 0.29) is 17.1 Å². The number of hydrogen-bond acceptors (Lipinski definition) is 7. The lowest BCUT2D eigenvalue weighted by Crippen LogP contribution is -2.50. The summed E-state index contributed by atoms with van der Waals surface area (Å²) in [5.74, 6) is -1.45. The number of nitrogens with zero attached hydrogens (tertiary/aromatic N) is 1. The quantitative estimate of drug-likeness (QED) is 0.728. The Morgan fingerprint density at radius 2 is 1.72 bits per heavy atom. The van der Waals surface area contributed by atoms with E-state index in [0.29, 0.717) is 29.0 Å². The van der Waals surface area contributed by atoms with Gasteiger partial charge in [-0.25, -0.2) is 9.59 Å². The van der Waals surface area contributed by atoms with Gasteiger partial charge in [0, 0.05) is 23.2 Å². The number of carbonyl (C=O) groups excluding carboxylic acids is 3. The van der Waals surface area contributed by atoms with Crippen LogP contribution in [0, 0.1) is 0 Å². The molecule has 1 aliphatic carbocycles. The third-order valence-corrected chi connectivity index (χ3v) is 5.83. The van der Waals surface area contributed by atoms with Crippen LogP contribution in [0.5, 0.6) is 0 Å². The van der Waals surface area contributed by atoms with Crippen LogP contribution in [0.2, 0.25) is 0 Å². The van der Waals surface area contributed by atoms with Crippen molar-refractivity contribution < 1.29 is 28.6 Å². The predicted octanol–water partition coefficient (Wildman–Crippen LogP) is 2.59. The van der Waals surface area contributed by atoms with Gasteiger partial charge in [-0.3, -0.25) is 4.79 Å². The van der Waals surface area contributed by atoms with Crippen LogP contribution >= 0.6 is 0 Å². The first kappa shape index (κ1) is 19.0. The Hall–Kier alpha value is -3.35. The smallest absolute Gasteiger partial charge is 0.374 e. The number of esters is 2. The highest BCUT2D eigenvalue weighted by atomic mass is 16.6. The minimum atomic E-state index is -1.11. The number of ether oxygens (including phenoxy) is 3. The summed E-state index contributed by atoms with van der Waals surface area (Å²) in [4.78, 5) is 40.5. The SMILES string of the molecule is CCN1C2=C(C(=O)c3ccccc32)C2=C(C)OC(C(=O)OC)=C(C(=O)OC)C21C. The molecule has 0 amide bonds. The second-order valence-corrected chi connectivity index (χ2v) is 7.14. The number of allylic oxidation sites excluding steroid dienone is 1. The average Bonchev–Trinajstić information content (AvgIpc) is 3.15. The molecule has 29 heavy (non-hydrogen) atoms. The summed E-state index contributed by atoms with van der Waals surface area (Å²) in [5.41, 5.74) is 2.13. The lowest BCUT2D eigenvalue weighted by Gasteiger charge is -2.43. The summed E-state index contributed by atoms with van der Waals surface area (Å²) in [6.07, 6.45) is 0. The molecule has 1 unspecified atom stereocenters. The zero-order valence-corrected chi connectivity index (χ0v) is 16.9. The molecule has 0 radical (unpaired) electrons. The maximum Gasteiger partial charge on any atom is 0.374 e. The number of Topliss-reactive ketones (excluding diaryl/α,β-unsaturated/α-hetero) is 1. The minimum Gasteiger partial charge on any atom is -0.465 e. The van der Waals surface area contributed by atoms with E-state index in [9.17, 15) is 14.4 Å². The van der Waals surface area contributed by atoms with E-state index in [4.69, 9.17) is 14.2 Å². The Morgan fingerprint density at radius 1 is 1.10 bits per heavy atom. The Labute approximate surface area is 168 Å². The van der Waals surface area contributed by atoms with Crippen LogP contribution in [0.1, 0.15) is 36.7 Å². The standard InChI is InChI=1S/C22H21NO6/c1-6-23-17-12-9-7-8-10-13(12)18(24)14(17)15-11(2)29-19(21(26)28-5)16(20(25)27-4)22(15,23)3/h7-10H,6H2,1-5H3. The van der Waals surface area contributed by atoms with Gasteiger partial charge in [0.1, 0.15) is 16.9 Å². The van der Waals surface area contributed by atoms with Crippen LogP contribution in [0.4, 0.5) is 0 Å². The lowest BCUT2D eigenvalue weighted by atomic mass is 9.77. The zero-order chi connectivity index (χ0) is 21.1. The van der Waals surface area contributed by atoms with Crippen molar-refractivity contribution in [2.45, 2.75) is 26.3 Å². The van der Waals surface area contributed by atoms with Crippen molar-refractivity contribution in [1.82, 2.24) is 4.90 Å². The molecule has 0 fully saturated rings. The molecule has 1 atom stereocenters. The number of ketones is 1.